The number of rotatable bonds is 2. The Morgan fingerprint density at radius 2 is 2.11 bits per heavy atom. The molecule has 2 nitrogen and oxygen atoms in total. The van der Waals surface area contributed by atoms with Gasteiger partial charge >= 0.3 is 0 Å². The molecule has 0 saturated carbocycles. The SMILES string of the molecule is CCc1sc2nccn2c1-c1ccc(C)cc1C. The van der Waals surface area contributed by atoms with Gasteiger partial charge in [-0.2, -0.15) is 0 Å². The number of imidazole rings is 1. The summed E-state index contributed by atoms with van der Waals surface area (Å²) in [5.41, 5.74) is 5.28. The largest absolute Gasteiger partial charge is 0.290 e. The molecule has 18 heavy (non-hydrogen) atoms. The summed E-state index contributed by atoms with van der Waals surface area (Å²) < 4.78 is 2.21. The number of thiazole rings is 1. The first kappa shape index (κ1) is 11.5. The van der Waals surface area contributed by atoms with Crippen LogP contribution in [-0.4, -0.2) is 9.38 Å². The summed E-state index contributed by atoms with van der Waals surface area (Å²) in [7, 11) is 0. The van der Waals surface area contributed by atoms with Crippen LogP contribution in [0.3, 0.4) is 0 Å². The molecule has 3 heteroatoms. The van der Waals surface area contributed by atoms with Crippen molar-refractivity contribution in [2.75, 3.05) is 0 Å². The van der Waals surface area contributed by atoms with E-state index in [1.807, 2.05) is 6.20 Å². The number of aromatic nitrogens is 2. The van der Waals surface area contributed by atoms with E-state index in [1.54, 1.807) is 11.3 Å². The molecule has 0 aliphatic carbocycles. The third kappa shape index (κ3) is 1.66. The normalized spacial score (nSPS) is 11.3. The Labute approximate surface area is 111 Å². The van der Waals surface area contributed by atoms with Crippen molar-refractivity contribution in [2.45, 2.75) is 27.2 Å². The first-order valence-electron chi connectivity index (χ1n) is 6.23. The number of hydrogen-bond acceptors (Lipinski definition) is 2. The van der Waals surface area contributed by atoms with Crippen LogP contribution < -0.4 is 0 Å². The second-order valence-corrected chi connectivity index (χ2v) is 5.69. The molecular formula is C15H16N2S. The fraction of sp³-hybridized carbons (Fsp3) is 0.267. The van der Waals surface area contributed by atoms with Gasteiger partial charge in [-0.15, -0.1) is 11.3 Å². The van der Waals surface area contributed by atoms with Crippen LogP contribution in [0.25, 0.3) is 16.2 Å². The first-order valence-corrected chi connectivity index (χ1v) is 7.04. The minimum absolute atomic E-state index is 1.05. The topological polar surface area (TPSA) is 17.3 Å². The third-order valence-corrected chi connectivity index (χ3v) is 4.50. The zero-order valence-electron chi connectivity index (χ0n) is 10.9. The maximum absolute atomic E-state index is 4.40. The predicted molar refractivity (Wildman–Crippen MR) is 77.4 cm³/mol. The molecule has 0 atom stereocenters. The van der Waals surface area contributed by atoms with Crippen molar-refractivity contribution in [1.29, 1.82) is 0 Å². The minimum Gasteiger partial charge on any atom is -0.290 e. The lowest BCUT2D eigenvalue weighted by molar-refractivity contribution is 1.13. The molecular weight excluding hydrogens is 240 g/mol. The van der Waals surface area contributed by atoms with Crippen molar-refractivity contribution in [3.05, 3.63) is 46.6 Å². The molecule has 0 amide bonds. The Kier molecular flexibility index (Phi) is 2.71. The van der Waals surface area contributed by atoms with Gasteiger partial charge in [-0.3, -0.25) is 4.40 Å². The third-order valence-electron chi connectivity index (χ3n) is 3.28. The zero-order valence-corrected chi connectivity index (χ0v) is 11.7. The molecule has 0 saturated heterocycles. The lowest BCUT2D eigenvalue weighted by Crippen LogP contribution is -1.92. The molecule has 0 N–H and O–H groups in total. The average molecular weight is 256 g/mol. The molecule has 0 aliphatic rings. The fourth-order valence-electron chi connectivity index (χ4n) is 2.43. The van der Waals surface area contributed by atoms with Gasteiger partial charge in [0.15, 0.2) is 4.96 Å². The van der Waals surface area contributed by atoms with Gasteiger partial charge in [0.2, 0.25) is 0 Å². The number of hydrogen-bond donors (Lipinski definition) is 0. The highest BCUT2D eigenvalue weighted by Crippen LogP contribution is 2.33. The van der Waals surface area contributed by atoms with Crippen molar-refractivity contribution in [1.82, 2.24) is 9.38 Å². The second-order valence-electron chi connectivity index (χ2n) is 4.63. The number of nitrogens with zero attached hydrogens (tertiary/aromatic N) is 2. The van der Waals surface area contributed by atoms with Gasteiger partial charge < -0.3 is 0 Å². The Hall–Kier alpha value is -1.61. The molecule has 0 radical (unpaired) electrons. The first-order chi connectivity index (χ1) is 8.70. The highest BCUT2D eigenvalue weighted by molar-refractivity contribution is 7.17. The molecule has 0 aliphatic heterocycles. The van der Waals surface area contributed by atoms with Crippen LogP contribution in [0.15, 0.2) is 30.6 Å². The van der Waals surface area contributed by atoms with E-state index < -0.39 is 0 Å². The van der Waals surface area contributed by atoms with Crippen LogP contribution in [0.1, 0.15) is 22.9 Å². The lowest BCUT2D eigenvalue weighted by Gasteiger charge is -2.08. The molecule has 2 heterocycles. The molecule has 2 aromatic heterocycles. The Morgan fingerprint density at radius 3 is 2.83 bits per heavy atom. The van der Waals surface area contributed by atoms with Crippen LogP contribution in [0.2, 0.25) is 0 Å². The van der Waals surface area contributed by atoms with Gasteiger partial charge in [-0.05, 0) is 25.8 Å². The van der Waals surface area contributed by atoms with Crippen molar-refractivity contribution >= 4 is 16.3 Å². The summed E-state index contributed by atoms with van der Waals surface area (Å²) >= 11 is 1.79. The van der Waals surface area contributed by atoms with Crippen molar-refractivity contribution in [3.8, 4) is 11.3 Å². The van der Waals surface area contributed by atoms with Gasteiger partial charge in [0, 0.05) is 22.8 Å². The fourth-order valence-corrected chi connectivity index (χ4v) is 3.46. The summed E-state index contributed by atoms with van der Waals surface area (Å²) in [6, 6.07) is 6.66. The second kappa shape index (κ2) is 4.25. The maximum Gasteiger partial charge on any atom is 0.194 e. The van der Waals surface area contributed by atoms with Crippen LogP contribution in [0.4, 0.5) is 0 Å². The zero-order chi connectivity index (χ0) is 12.7. The Balaban J connectivity index is 2.32. The Bertz CT molecular complexity index is 706. The van der Waals surface area contributed by atoms with E-state index in [0.717, 1.165) is 11.4 Å². The van der Waals surface area contributed by atoms with Gasteiger partial charge in [-0.1, -0.05) is 30.7 Å². The van der Waals surface area contributed by atoms with Crippen LogP contribution in [0, 0.1) is 13.8 Å². The van der Waals surface area contributed by atoms with Crippen molar-refractivity contribution in [3.63, 3.8) is 0 Å². The van der Waals surface area contributed by atoms with Gasteiger partial charge in [0.1, 0.15) is 0 Å². The highest BCUT2D eigenvalue weighted by Gasteiger charge is 2.14. The van der Waals surface area contributed by atoms with E-state index in [1.165, 1.54) is 27.3 Å². The van der Waals surface area contributed by atoms with E-state index in [-0.39, 0.29) is 0 Å². The molecule has 3 aromatic rings. The molecule has 92 valence electrons. The molecule has 0 unspecified atom stereocenters. The summed E-state index contributed by atoms with van der Waals surface area (Å²) in [4.78, 5) is 6.89. The van der Waals surface area contributed by atoms with E-state index in [0.29, 0.717) is 0 Å². The molecule has 1 aromatic carbocycles. The Morgan fingerprint density at radius 1 is 1.28 bits per heavy atom. The molecule has 0 spiro atoms. The van der Waals surface area contributed by atoms with Gasteiger partial charge in [0.05, 0.1) is 5.69 Å². The lowest BCUT2D eigenvalue weighted by atomic mass is 10.0. The van der Waals surface area contributed by atoms with Crippen molar-refractivity contribution in [2.24, 2.45) is 0 Å². The van der Waals surface area contributed by atoms with Crippen molar-refractivity contribution < 1.29 is 0 Å². The summed E-state index contributed by atoms with van der Waals surface area (Å²) in [5, 5.41) is 0. The molecule has 0 bridgehead atoms. The smallest absolute Gasteiger partial charge is 0.194 e. The van der Waals surface area contributed by atoms with E-state index >= 15 is 0 Å². The van der Waals surface area contributed by atoms with Gasteiger partial charge in [-0.25, -0.2) is 4.98 Å². The summed E-state index contributed by atoms with van der Waals surface area (Å²) in [6.45, 7) is 6.53. The quantitative estimate of drug-likeness (QED) is 0.670. The standard InChI is InChI=1S/C15H16N2S/c1-4-13-14(17-8-7-16-15(17)18-13)12-6-5-10(2)9-11(12)3/h5-9H,4H2,1-3H3. The highest BCUT2D eigenvalue weighted by atomic mass is 32.1. The van der Waals surface area contributed by atoms with E-state index in [9.17, 15) is 0 Å². The summed E-state index contributed by atoms with van der Waals surface area (Å²) in [6.07, 6.45) is 4.98. The number of benzene rings is 1. The van der Waals surface area contributed by atoms with Crippen LogP contribution >= 0.6 is 11.3 Å². The van der Waals surface area contributed by atoms with Gasteiger partial charge in [0.25, 0.3) is 0 Å². The van der Waals surface area contributed by atoms with E-state index in [4.69, 9.17) is 0 Å². The number of fused-ring (bicyclic) bond motifs is 1. The minimum atomic E-state index is 1.05. The monoisotopic (exact) mass is 256 g/mol. The number of aryl methyl sites for hydroxylation is 3. The van der Waals surface area contributed by atoms with Crippen LogP contribution in [0.5, 0.6) is 0 Å². The summed E-state index contributed by atoms with van der Waals surface area (Å²) in [5.74, 6) is 0. The predicted octanol–water partition coefficient (Wildman–Crippen LogP) is 4.24. The average Bonchev–Trinajstić information content (AvgIpc) is 2.89. The molecule has 3 rings (SSSR count). The van der Waals surface area contributed by atoms with E-state index in [2.05, 4.69) is 54.6 Å². The maximum atomic E-state index is 4.40. The molecule has 0 fully saturated rings. The van der Waals surface area contributed by atoms with Crippen LogP contribution in [-0.2, 0) is 6.42 Å².